The molecule has 2 bridgehead atoms. The van der Waals surface area contributed by atoms with Crippen molar-refractivity contribution in [3.63, 3.8) is 0 Å². The predicted octanol–water partition coefficient (Wildman–Crippen LogP) is -0.0118. The summed E-state index contributed by atoms with van der Waals surface area (Å²) in [4.78, 5) is 15.6. The lowest BCUT2D eigenvalue weighted by molar-refractivity contribution is -0.309. The van der Waals surface area contributed by atoms with Gasteiger partial charge in [0, 0.05) is 12.1 Å². The average molecular weight is 238 g/mol. The molecule has 94 valence electrons. The molecule has 0 radical (unpaired) electrons. The first-order chi connectivity index (χ1) is 8.16. The fourth-order valence-corrected chi connectivity index (χ4v) is 2.53. The number of nitrogens with one attached hydrogen (secondary N) is 1. The van der Waals surface area contributed by atoms with E-state index in [1.807, 2.05) is 6.92 Å². The Morgan fingerprint density at radius 3 is 3.18 bits per heavy atom. The van der Waals surface area contributed by atoms with Crippen LogP contribution < -0.4 is 11.1 Å². The van der Waals surface area contributed by atoms with E-state index in [1.54, 1.807) is 0 Å². The van der Waals surface area contributed by atoms with E-state index >= 15 is 0 Å². The SMILES string of the molecule is CC(=NOCC([NH3+])=O)C1=CCCC2CCC1N2. The van der Waals surface area contributed by atoms with Gasteiger partial charge in [0.25, 0.3) is 0 Å². The van der Waals surface area contributed by atoms with Gasteiger partial charge in [-0.05, 0) is 38.2 Å². The molecule has 1 amide bonds. The summed E-state index contributed by atoms with van der Waals surface area (Å²) in [5, 5.41) is 7.59. The van der Waals surface area contributed by atoms with Crippen molar-refractivity contribution in [2.45, 2.75) is 44.7 Å². The molecule has 0 aliphatic carbocycles. The highest BCUT2D eigenvalue weighted by atomic mass is 16.6. The second-order valence-electron chi connectivity index (χ2n) is 4.72. The summed E-state index contributed by atoms with van der Waals surface area (Å²) >= 11 is 0. The first kappa shape index (κ1) is 12.3. The monoisotopic (exact) mass is 238 g/mol. The molecular weight excluding hydrogens is 218 g/mol. The summed E-state index contributed by atoms with van der Waals surface area (Å²) in [6, 6.07) is 1.06. The number of fused-ring (bicyclic) bond motifs is 2. The van der Waals surface area contributed by atoms with Gasteiger partial charge in [-0.1, -0.05) is 11.2 Å². The Bertz CT molecular complexity index is 363. The maximum atomic E-state index is 10.7. The van der Waals surface area contributed by atoms with E-state index in [0.717, 1.165) is 18.6 Å². The first-order valence-electron chi connectivity index (χ1n) is 6.14. The van der Waals surface area contributed by atoms with Crippen LogP contribution in [0.15, 0.2) is 16.8 Å². The van der Waals surface area contributed by atoms with Crippen molar-refractivity contribution in [1.82, 2.24) is 5.32 Å². The molecule has 0 aromatic heterocycles. The van der Waals surface area contributed by atoms with Crippen molar-refractivity contribution >= 4 is 11.6 Å². The molecule has 4 N–H and O–H groups in total. The fraction of sp³-hybridized carbons (Fsp3) is 0.667. The molecule has 5 nitrogen and oxygen atoms in total. The van der Waals surface area contributed by atoms with Crippen LogP contribution in [0, 0.1) is 0 Å². The molecule has 2 unspecified atom stereocenters. The minimum Gasteiger partial charge on any atom is -0.381 e. The predicted molar refractivity (Wildman–Crippen MR) is 64.2 cm³/mol. The molecule has 0 aromatic carbocycles. The van der Waals surface area contributed by atoms with Crippen molar-refractivity contribution in [2.24, 2.45) is 5.16 Å². The molecule has 5 heteroatoms. The van der Waals surface area contributed by atoms with Crippen LogP contribution in [0.1, 0.15) is 32.6 Å². The topological polar surface area (TPSA) is 78.3 Å². The molecule has 2 heterocycles. The summed E-state index contributed by atoms with van der Waals surface area (Å²) < 4.78 is 0. The van der Waals surface area contributed by atoms with Gasteiger partial charge >= 0.3 is 5.91 Å². The third-order valence-corrected chi connectivity index (χ3v) is 3.34. The summed E-state index contributed by atoms with van der Waals surface area (Å²) in [6.07, 6.45) is 6.94. The van der Waals surface area contributed by atoms with Crippen LogP contribution in [0.2, 0.25) is 0 Å². The zero-order valence-electron chi connectivity index (χ0n) is 10.2. The van der Waals surface area contributed by atoms with Crippen LogP contribution in [-0.2, 0) is 9.63 Å². The highest BCUT2D eigenvalue weighted by Gasteiger charge is 2.29. The molecule has 2 atom stereocenters. The van der Waals surface area contributed by atoms with Crippen LogP contribution in [0.4, 0.5) is 0 Å². The third-order valence-electron chi connectivity index (χ3n) is 3.34. The van der Waals surface area contributed by atoms with Crippen molar-refractivity contribution < 1.29 is 15.4 Å². The molecule has 2 aliphatic heterocycles. The fourth-order valence-electron chi connectivity index (χ4n) is 2.53. The first-order valence-corrected chi connectivity index (χ1v) is 6.14. The zero-order chi connectivity index (χ0) is 12.3. The van der Waals surface area contributed by atoms with E-state index in [1.165, 1.54) is 18.4 Å². The lowest BCUT2D eigenvalue weighted by Gasteiger charge is -2.14. The average Bonchev–Trinajstić information content (AvgIpc) is 2.59. The van der Waals surface area contributed by atoms with Gasteiger partial charge in [-0.3, -0.25) is 5.73 Å². The van der Waals surface area contributed by atoms with Gasteiger partial charge < -0.3 is 10.2 Å². The third kappa shape index (κ3) is 3.14. The number of oxime groups is 1. The van der Waals surface area contributed by atoms with Gasteiger partial charge in [0.1, 0.15) is 0 Å². The molecule has 1 fully saturated rings. The summed E-state index contributed by atoms with van der Waals surface area (Å²) in [7, 11) is 0. The Balaban J connectivity index is 1.99. The van der Waals surface area contributed by atoms with Gasteiger partial charge in [-0.15, -0.1) is 0 Å². The number of amides is 1. The molecular formula is C12H20N3O2+. The summed E-state index contributed by atoms with van der Waals surface area (Å²) in [6.45, 7) is 1.88. The van der Waals surface area contributed by atoms with E-state index < -0.39 is 0 Å². The van der Waals surface area contributed by atoms with E-state index in [-0.39, 0.29) is 12.5 Å². The lowest BCUT2D eigenvalue weighted by atomic mass is 9.97. The molecule has 0 spiro atoms. The Labute approximate surface area is 101 Å². The van der Waals surface area contributed by atoms with E-state index in [0.29, 0.717) is 12.1 Å². The smallest absolute Gasteiger partial charge is 0.349 e. The number of hydrogen-bond acceptors (Lipinski definition) is 4. The Morgan fingerprint density at radius 2 is 2.41 bits per heavy atom. The highest BCUT2D eigenvalue weighted by molar-refractivity contribution is 5.99. The van der Waals surface area contributed by atoms with E-state index in [2.05, 4.69) is 22.3 Å². The maximum absolute atomic E-state index is 10.7. The van der Waals surface area contributed by atoms with Crippen molar-refractivity contribution in [3.8, 4) is 0 Å². The Morgan fingerprint density at radius 1 is 1.59 bits per heavy atom. The van der Waals surface area contributed by atoms with Gasteiger partial charge in [0.15, 0.2) is 0 Å². The van der Waals surface area contributed by atoms with Crippen LogP contribution in [-0.4, -0.2) is 30.3 Å². The number of quaternary nitrogens is 1. The highest BCUT2D eigenvalue weighted by Crippen LogP contribution is 2.26. The molecule has 0 saturated carbocycles. The van der Waals surface area contributed by atoms with Crippen LogP contribution in [0.25, 0.3) is 0 Å². The second kappa shape index (κ2) is 5.42. The van der Waals surface area contributed by atoms with E-state index in [9.17, 15) is 4.79 Å². The van der Waals surface area contributed by atoms with Crippen LogP contribution in [0.3, 0.4) is 0 Å². The quantitative estimate of drug-likeness (QED) is 0.534. The number of nitrogens with zero attached hydrogens (tertiary/aromatic N) is 1. The van der Waals surface area contributed by atoms with Crippen molar-refractivity contribution in [1.29, 1.82) is 0 Å². The number of carbonyl (C=O) groups is 1. The standard InChI is InChI=1S/C12H19N3O2/c1-8(15-17-7-12(13)16)10-4-2-3-9-5-6-11(10)14-9/h4,9,11,14H,2-3,5-7H2,1H3,(H2,13,16)/p+1. The largest absolute Gasteiger partial charge is 0.381 e. The molecule has 17 heavy (non-hydrogen) atoms. The van der Waals surface area contributed by atoms with Gasteiger partial charge in [-0.2, -0.15) is 0 Å². The lowest BCUT2D eigenvalue weighted by Crippen LogP contribution is -2.58. The number of allylic oxidation sites excluding steroid dienone is 1. The number of carbonyl (C=O) groups excluding carboxylic acids is 1. The van der Waals surface area contributed by atoms with Crippen molar-refractivity contribution in [2.75, 3.05) is 6.61 Å². The van der Waals surface area contributed by atoms with Crippen molar-refractivity contribution in [3.05, 3.63) is 11.6 Å². The van der Waals surface area contributed by atoms with Crippen LogP contribution >= 0.6 is 0 Å². The Hall–Kier alpha value is -1.20. The van der Waals surface area contributed by atoms with Gasteiger partial charge in [0.05, 0.1) is 5.71 Å². The normalized spacial score (nSPS) is 28.6. The maximum Gasteiger partial charge on any atom is 0.349 e. The molecule has 2 rings (SSSR count). The Kier molecular flexibility index (Phi) is 3.91. The molecule has 2 aliphatic rings. The summed E-state index contributed by atoms with van der Waals surface area (Å²) in [5.74, 6) is -0.254. The number of hydrogen-bond donors (Lipinski definition) is 2. The van der Waals surface area contributed by atoms with Crippen LogP contribution in [0.5, 0.6) is 0 Å². The molecule has 0 aromatic rings. The second-order valence-corrected chi connectivity index (χ2v) is 4.72. The van der Waals surface area contributed by atoms with E-state index in [4.69, 9.17) is 4.84 Å². The zero-order valence-corrected chi connectivity index (χ0v) is 10.2. The minimum atomic E-state index is -0.254. The molecule has 1 saturated heterocycles. The minimum absolute atomic E-state index is 0.0503. The number of rotatable bonds is 4. The van der Waals surface area contributed by atoms with Gasteiger partial charge in [-0.25, -0.2) is 4.79 Å². The van der Waals surface area contributed by atoms with Gasteiger partial charge in [0.2, 0.25) is 6.61 Å². The summed E-state index contributed by atoms with van der Waals surface area (Å²) in [5.41, 5.74) is 5.33.